The van der Waals surface area contributed by atoms with Gasteiger partial charge in [0.1, 0.15) is 17.4 Å². The standard InChI is InChI=1S/C19H19N3O4/c1-12-15(19(24)25)10-20-22(12)13-6-8-21(9-7-13)18(23)16-11-26-17-5-3-2-4-14(16)17/h2-5,10-11,13H,6-9H2,1H3,(H,24,25). The fourth-order valence-corrected chi connectivity index (χ4v) is 3.63. The van der Waals surface area contributed by atoms with Gasteiger partial charge < -0.3 is 14.4 Å². The van der Waals surface area contributed by atoms with Gasteiger partial charge in [-0.2, -0.15) is 5.10 Å². The fourth-order valence-electron chi connectivity index (χ4n) is 3.63. The molecule has 4 rings (SSSR count). The van der Waals surface area contributed by atoms with Crippen LogP contribution in [0.1, 0.15) is 45.3 Å². The van der Waals surface area contributed by atoms with E-state index in [2.05, 4.69) is 5.10 Å². The minimum atomic E-state index is -0.965. The molecule has 1 aromatic carbocycles. The average molecular weight is 353 g/mol. The van der Waals surface area contributed by atoms with Crippen molar-refractivity contribution in [1.29, 1.82) is 0 Å². The Morgan fingerprint density at radius 3 is 2.62 bits per heavy atom. The molecule has 1 aliphatic heterocycles. The number of furan rings is 1. The summed E-state index contributed by atoms with van der Waals surface area (Å²) in [6.45, 7) is 2.97. The summed E-state index contributed by atoms with van der Waals surface area (Å²) in [6.07, 6.45) is 4.40. The third-order valence-electron chi connectivity index (χ3n) is 5.08. The highest BCUT2D eigenvalue weighted by Crippen LogP contribution is 2.27. The van der Waals surface area contributed by atoms with E-state index in [-0.39, 0.29) is 17.5 Å². The number of carbonyl (C=O) groups is 2. The lowest BCUT2D eigenvalue weighted by Crippen LogP contribution is -2.39. The number of benzene rings is 1. The largest absolute Gasteiger partial charge is 0.478 e. The molecular formula is C19H19N3O4. The lowest BCUT2D eigenvalue weighted by Gasteiger charge is -2.32. The van der Waals surface area contributed by atoms with Crippen LogP contribution in [0.4, 0.5) is 0 Å². The van der Waals surface area contributed by atoms with Gasteiger partial charge in [0.2, 0.25) is 0 Å². The second-order valence-corrected chi connectivity index (χ2v) is 6.56. The van der Waals surface area contributed by atoms with E-state index in [0.717, 1.165) is 18.2 Å². The maximum Gasteiger partial charge on any atom is 0.339 e. The number of aromatic carboxylic acids is 1. The van der Waals surface area contributed by atoms with Crippen LogP contribution < -0.4 is 0 Å². The summed E-state index contributed by atoms with van der Waals surface area (Å²) in [7, 11) is 0. The van der Waals surface area contributed by atoms with Crippen molar-refractivity contribution in [2.24, 2.45) is 0 Å². The van der Waals surface area contributed by atoms with Crippen molar-refractivity contribution in [3.05, 3.63) is 53.5 Å². The van der Waals surface area contributed by atoms with Gasteiger partial charge in [-0.3, -0.25) is 9.48 Å². The molecule has 0 radical (unpaired) electrons. The second-order valence-electron chi connectivity index (χ2n) is 6.56. The van der Waals surface area contributed by atoms with Crippen LogP contribution in [0.2, 0.25) is 0 Å². The Bertz CT molecular complexity index is 980. The van der Waals surface area contributed by atoms with Gasteiger partial charge in [-0.05, 0) is 25.8 Å². The Balaban J connectivity index is 1.48. The van der Waals surface area contributed by atoms with Gasteiger partial charge in [-0.25, -0.2) is 4.79 Å². The normalized spacial score (nSPS) is 15.5. The SMILES string of the molecule is Cc1c(C(=O)O)cnn1C1CCN(C(=O)c2coc3ccccc23)CC1. The third kappa shape index (κ3) is 2.65. The minimum Gasteiger partial charge on any atom is -0.478 e. The maximum atomic E-state index is 12.8. The summed E-state index contributed by atoms with van der Waals surface area (Å²) in [5.74, 6) is -0.995. The molecule has 1 fully saturated rings. The van der Waals surface area contributed by atoms with Gasteiger partial charge in [0.05, 0.1) is 23.5 Å². The van der Waals surface area contributed by atoms with E-state index in [1.807, 2.05) is 29.2 Å². The molecule has 0 unspecified atom stereocenters. The number of likely N-dealkylation sites (tertiary alicyclic amines) is 1. The molecule has 0 aliphatic carbocycles. The molecule has 26 heavy (non-hydrogen) atoms. The topological polar surface area (TPSA) is 88.6 Å². The van der Waals surface area contributed by atoms with Crippen molar-refractivity contribution >= 4 is 22.8 Å². The number of amides is 1. The third-order valence-corrected chi connectivity index (χ3v) is 5.08. The monoisotopic (exact) mass is 353 g/mol. The molecule has 7 nitrogen and oxygen atoms in total. The highest BCUT2D eigenvalue weighted by atomic mass is 16.4. The first-order chi connectivity index (χ1) is 12.6. The number of carboxylic acids is 1. The molecule has 1 saturated heterocycles. The Labute approximate surface area is 149 Å². The zero-order valence-corrected chi connectivity index (χ0v) is 14.4. The zero-order valence-electron chi connectivity index (χ0n) is 14.4. The number of nitrogens with zero attached hydrogens (tertiary/aromatic N) is 3. The molecule has 0 spiro atoms. The highest BCUT2D eigenvalue weighted by molar-refractivity contribution is 6.05. The summed E-state index contributed by atoms with van der Waals surface area (Å²) < 4.78 is 7.25. The van der Waals surface area contributed by atoms with Gasteiger partial charge in [-0.1, -0.05) is 18.2 Å². The Morgan fingerprint density at radius 1 is 1.19 bits per heavy atom. The van der Waals surface area contributed by atoms with Crippen LogP contribution in [0.15, 0.2) is 41.1 Å². The van der Waals surface area contributed by atoms with Crippen LogP contribution in [0.25, 0.3) is 11.0 Å². The van der Waals surface area contributed by atoms with Crippen molar-refractivity contribution in [3.8, 4) is 0 Å². The highest BCUT2D eigenvalue weighted by Gasteiger charge is 2.28. The molecule has 1 amide bonds. The van der Waals surface area contributed by atoms with Gasteiger partial charge in [0.15, 0.2) is 0 Å². The predicted octanol–water partition coefficient (Wildman–Crippen LogP) is 3.11. The number of carbonyl (C=O) groups excluding carboxylic acids is 1. The first-order valence-corrected chi connectivity index (χ1v) is 8.59. The van der Waals surface area contributed by atoms with Crippen LogP contribution in [-0.2, 0) is 0 Å². The fraction of sp³-hybridized carbons (Fsp3) is 0.316. The van der Waals surface area contributed by atoms with Crippen molar-refractivity contribution in [3.63, 3.8) is 0 Å². The first kappa shape index (κ1) is 16.4. The van der Waals surface area contributed by atoms with Crippen LogP contribution in [0.5, 0.6) is 0 Å². The number of hydrogen-bond donors (Lipinski definition) is 1. The molecule has 1 N–H and O–H groups in total. The van der Waals surface area contributed by atoms with E-state index >= 15 is 0 Å². The molecule has 0 saturated carbocycles. The van der Waals surface area contributed by atoms with Gasteiger partial charge in [0, 0.05) is 18.5 Å². The predicted molar refractivity (Wildman–Crippen MR) is 94.3 cm³/mol. The molecular weight excluding hydrogens is 334 g/mol. The second kappa shape index (κ2) is 6.33. The summed E-state index contributed by atoms with van der Waals surface area (Å²) in [5.41, 5.74) is 2.18. The van der Waals surface area contributed by atoms with Crippen LogP contribution in [0, 0.1) is 6.92 Å². The average Bonchev–Trinajstić information content (AvgIpc) is 3.25. The molecule has 2 aromatic heterocycles. The Morgan fingerprint density at radius 2 is 1.92 bits per heavy atom. The smallest absolute Gasteiger partial charge is 0.339 e. The van der Waals surface area contributed by atoms with Crippen LogP contribution in [0.3, 0.4) is 0 Å². The zero-order chi connectivity index (χ0) is 18.3. The molecule has 7 heteroatoms. The number of fused-ring (bicyclic) bond motifs is 1. The molecule has 3 aromatic rings. The lowest BCUT2D eigenvalue weighted by molar-refractivity contribution is 0.0689. The van der Waals surface area contributed by atoms with Crippen molar-refractivity contribution < 1.29 is 19.1 Å². The molecule has 0 atom stereocenters. The number of aromatic nitrogens is 2. The summed E-state index contributed by atoms with van der Waals surface area (Å²) >= 11 is 0. The number of hydrogen-bond acceptors (Lipinski definition) is 4. The number of rotatable bonds is 3. The van der Waals surface area contributed by atoms with Crippen LogP contribution >= 0.6 is 0 Å². The van der Waals surface area contributed by atoms with E-state index in [9.17, 15) is 9.59 Å². The Hall–Kier alpha value is -3.09. The first-order valence-electron chi connectivity index (χ1n) is 8.59. The van der Waals surface area contributed by atoms with Gasteiger partial charge in [0.25, 0.3) is 5.91 Å². The maximum absolute atomic E-state index is 12.8. The van der Waals surface area contributed by atoms with Crippen LogP contribution in [-0.4, -0.2) is 44.8 Å². The van der Waals surface area contributed by atoms with Crippen molar-refractivity contribution in [2.75, 3.05) is 13.1 Å². The molecule has 0 bridgehead atoms. The lowest BCUT2D eigenvalue weighted by atomic mass is 10.0. The van der Waals surface area contributed by atoms with E-state index in [1.165, 1.54) is 12.5 Å². The van der Waals surface area contributed by atoms with Gasteiger partial charge >= 0.3 is 5.97 Å². The Kier molecular flexibility index (Phi) is 3.99. The van der Waals surface area contributed by atoms with Gasteiger partial charge in [-0.15, -0.1) is 0 Å². The number of carboxylic acid groups (broad SMARTS) is 1. The van der Waals surface area contributed by atoms with Crippen molar-refractivity contribution in [2.45, 2.75) is 25.8 Å². The molecule has 3 heterocycles. The summed E-state index contributed by atoms with van der Waals surface area (Å²) in [6, 6.07) is 7.61. The minimum absolute atomic E-state index is 0.0307. The van der Waals surface area contributed by atoms with E-state index in [0.29, 0.717) is 29.9 Å². The molecule has 134 valence electrons. The molecule has 1 aliphatic rings. The summed E-state index contributed by atoms with van der Waals surface area (Å²) in [4.78, 5) is 25.9. The van der Waals surface area contributed by atoms with E-state index in [1.54, 1.807) is 11.6 Å². The quantitative estimate of drug-likeness (QED) is 0.781. The number of para-hydroxylation sites is 1. The number of piperidine rings is 1. The summed E-state index contributed by atoms with van der Waals surface area (Å²) in [5, 5.41) is 14.2. The van der Waals surface area contributed by atoms with E-state index in [4.69, 9.17) is 9.52 Å². The van der Waals surface area contributed by atoms with E-state index < -0.39 is 5.97 Å². The van der Waals surface area contributed by atoms with Crippen molar-refractivity contribution in [1.82, 2.24) is 14.7 Å².